The summed E-state index contributed by atoms with van der Waals surface area (Å²) in [5.74, 6) is -0.0536. The zero-order valence-electron chi connectivity index (χ0n) is 19.0. The van der Waals surface area contributed by atoms with Crippen LogP contribution in [0.5, 0.6) is 0 Å². The number of hydrogen-bond donors (Lipinski definition) is 4. The molecule has 0 bridgehead atoms. The smallest absolute Gasteiger partial charge is 0.277 e. The van der Waals surface area contributed by atoms with E-state index in [4.69, 9.17) is 5.21 Å². The van der Waals surface area contributed by atoms with Gasteiger partial charge in [-0.1, -0.05) is 35.9 Å². The molecule has 1 aliphatic heterocycles. The van der Waals surface area contributed by atoms with Crippen LogP contribution in [0.25, 0.3) is 22.0 Å². The van der Waals surface area contributed by atoms with E-state index in [2.05, 4.69) is 74.6 Å². The number of nitrogens with one attached hydrogen (secondary N) is 3. The molecular formula is C25H28N6O2. The van der Waals surface area contributed by atoms with Gasteiger partial charge < -0.3 is 15.2 Å². The molecule has 0 unspecified atom stereocenters. The zero-order chi connectivity index (χ0) is 23.4. The molecule has 33 heavy (non-hydrogen) atoms. The lowest BCUT2D eigenvalue weighted by Gasteiger charge is -2.27. The fraction of sp³-hybridized carbons (Fsp3) is 0.240. The SMILES string of the molecule is CNC.Cc1cccc(-c2ccc3[nH]c4c(c3c2)CN(c2ncc(C(=O)NO)cn2)CC4)c1. The third-order valence-electron chi connectivity index (χ3n) is 5.61. The number of hydroxylamine groups is 1. The van der Waals surface area contributed by atoms with Crippen molar-refractivity contribution in [3.05, 3.63) is 77.2 Å². The summed E-state index contributed by atoms with van der Waals surface area (Å²) < 4.78 is 0. The molecule has 170 valence electrons. The van der Waals surface area contributed by atoms with Crippen molar-refractivity contribution < 1.29 is 10.0 Å². The quantitative estimate of drug-likeness (QED) is 0.285. The average molecular weight is 445 g/mol. The molecule has 3 heterocycles. The van der Waals surface area contributed by atoms with Gasteiger partial charge in [-0.3, -0.25) is 10.0 Å². The lowest BCUT2D eigenvalue weighted by molar-refractivity contribution is 0.0705. The number of H-pyrrole nitrogens is 1. The van der Waals surface area contributed by atoms with E-state index in [1.54, 1.807) is 5.48 Å². The summed E-state index contributed by atoms with van der Waals surface area (Å²) in [7, 11) is 3.75. The normalized spacial score (nSPS) is 12.7. The number of aromatic nitrogens is 3. The van der Waals surface area contributed by atoms with Crippen LogP contribution in [0, 0.1) is 6.92 Å². The van der Waals surface area contributed by atoms with Crippen LogP contribution in [-0.4, -0.2) is 46.7 Å². The molecule has 8 heteroatoms. The molecule has 4 aromatic rings. The fourth-order valence-electron chi connectivity index (χ4n) is 4.06. The van der Waals surface area contributed by atoms with Gasteiger partial charge in [0.2, 0.25) is 5.95 Å². The zero-order valence-corrected chi connectivity index (χ0v) is 19.0. The van der Waals surface area contributed by atoms with E-state index in [-0.39, 0.29) is 5.56 Å². The van der Waals surface area contributed by atoms with Gasteiger partial charge in [-0.15, -0.1) is 0 Å². The van der Waals surface area contributed by atoms with Crippen molar-refractivity contribution in [1.82, 2.24) is 25.7 Å². The van der Waals surface area contributed by atoms with Crippen molar-refractivity contribution in [1.29, 1.82) is 0 Å². The number of aromatic amines is 1. The van der Waals surface area contributed by atoms with Gasteiger partial charge in [0.15, 0.2) is 0 Å². The summed E-state index contributed by atoms with van der Waals surface area (Å²) in [6, 6.07) is 15.1. The van der Waals surface area contributed by atoms with Crippen molar-refractivity contribution in [3.8, 4) is 11.1 Å². The topological polar surface area (TPSA) is 106 Å². The molecule has 8 nitrogen and oxygen atoms in total. The molecular weight excluding hydrogens is 416 g/mol. The van der Waals surface area contributed by atoms with Gasteiger partial charge in [0.1, 0.15) is 0 Å². The molecule has 0 aliphatic carbocycles. The molecule has 5 rings (SSSR count). The Hall–Kier alpha value is -3.75. The van der Waals surface area contributed by atoms with Crippen LogP contribution in [0.15, 0.2) is 54.9 Å². The Bertz CT molecular complexity index is 1270. The van der Waals surface area contributed by atoms with Gasteiger partial charge in [-0.2, -0.15) is 0 Å². The highest BCUT2D eigenvalue weighted by atomic mass is 16.5. The summed E-state index contributed by atoms with van der Waals surface area (Å²) >= 11 is 0. The second-order valence-electron chi connectivity index (χ2n) is 8.10. The van der Waals surface area contributed by atoms with Gasteiger partial charge in [0.05, 0.1) is 5.56 Å². The molecule has 1 amide bonds. The number of carbonyl (C=O) groups excluding carboxylic acids is 1. The van der Waals surface area contributed by atoms with Crippen LogP contribution in [0.2, 0.25) is 0 Å². The van der Waals surface area contributed by atoms with Crippen LogP contribution in [0.1, 0.15) is 27.2 Å². The number of anilines is 1. The predicted molar refractivity (Wildman–Crippen MR) is 129 cm³/mol. The van der Waals surface area contributed by atoms with Crippen LogP contribution in [0.4, 0.5) is 5.95 Å². The first-order valence-corrected chi connectivity index (χ1v) is 10.8. The highest BCUT2D eigenvalue weighted by Crippen LogP contribution is 2.32. The standard InChI is InChI=1S/C23H21N5O2.C2H7N/c1-14-3-2-4-15(9-14)16-5-6-20-18(10-16)19-13-28(8-7-21(19)26-20)23-24-11-17(12-25-23)22(29)27-30;1-3-2/h2-6,9-12,26,30H,7-8,13H2,1H3,(H,27,29);3H,1-2H3. The number of benzene rings is 2. The lowest BCUT2D eigenvalue weighted by atomic mass is 9.99. The van der Waals surface area contributed by atoms with Gasteiger partial charge in [0.25, 0.3) is 5.91 Å². The molecule has 0 radical (unpaired) electrons. The average Bonchev–Trinajstić information content (AvgIpc) is 3.21. The lowest BCUT2D eigenvalue weighted by Crippen LogP contribution is -2.31. The van der Waals surface area contributed by atoms with Crippen molar-refractivity contribution in [2.75, 3.05) is 25.5 Å². The maximum absolute atomic E-state index is 11.5. The summed E-state index contributed by atoms with van der Waals surface area (Å²) in [5.41, 5.74) is 9.10. The van der Waals surface area contributed by atoms with Crippen molar-refractivity contribution in [2.45, 2.75) is 19.9 Å². The number of fused-ring (bicyclic) bond motifs is 3. The van der Waals surface area contributed by atoms with E-state index < -0.39 is 5.91 Å². The van der Waals surface area contributed by atoms with Gasteiger partial charge in [-0.25, -0.2) is 15.4 Å². The second kappa shape index (κ2) is 9.81. The Balaban J connectivity index is 0.000000821. The van der Waals surface area contributed by atoms with Gasteiger partial charge >= 0.3 is 0 Å². The number of hydrogen-bond acceptors (Lipinski definition) is 6. The number of nitrogens with zero attached hydrogens (tertiary/aromatic N) is 3. The monoisotopic (exact) mass is 444 g/mol. The van der Waals surface area contributed by atoms with Crippen LogP contribution in [0.3, 0.4) is 0 Å². The van der Waals surface area contributed by atoms with Crippen molar-refractivity contribution in [2.24, 2.45) is 0 Å². The first-order valence-electron chi connectivity index (χ1n) is 10.8. The molecule has 2 aromatic carbocycles. The Morgan fingerprint density at radius 3 is 2.52 bits per heavy atom. The van der Waals surface area contributed by atoms with E-state index in [1.165, 1.54) is 45.7 Å². The highest BCUT2D eigenvalue weighted by molar-refractivity contribution is 5.93. The minimum atomic E-state index is -0.622. The van der Waals surface area contributed by atoms with E-state index in [9.17, 15) is 4.79 Å². The van der Waals surface area contributed by atoms with E-state index >= 15 is 0 Å². The molecule has 0 fully saturated rings. The number of aryl methyl sites for hydroxylation is 1. The van der Waals surface area contributed by atoms with Crippen molar-refractivity contribution in [3.63, 3.8) is 0 Å². The van der Waals surface area contributed by atoms with E-state index in [1.807, 2.05) is 14.1 Å². The minimum absolute atomic E-state index is 0.217. The van der Waals surface area contributed by atoms with Gasteiger partial charge in [0, 0.05) is 54.1 Å². The highest BCUT2D eigenvalue weighted by Gasteiger charge is 2.23. The van der Waals surface area contributed by atoms with E-state index in [0.29, 0.717) is 12.5 Å². The summed E-state index contributed by atoms with van der Waals surface area (Å²) in [6.07, 6.45) is 3.72. The first-order chi connectivity index (χ1) is 16.0. The Labute approximate surface area is 192 Å². The Kier molecular flexibility index (Phi) is 6.67. The number of rotatable bonds is 3. The maximum Gasteiger partial charge on any atom is 0.277 e. The Morgan fingerprint density at radius 1 is 1.09 bits per heavy atom. The number of carbonyl (C=O) groups is 1. The van der Waals surface area contributed by atoms with E-state index in [0.717, 1.165) is 18.5 Å². The largest absolute Gasteiger partial charge is 0.358 e. The minimum Gasteiger partial charge on any atom is -0.358 e. The fourth-order valence-corrected chi connectivity index (χ4v) is 4.06. The molecule has 0 atom stereocenters. The molecule has 0 saturated heterocycles. The second-order valence-corrected chi connectivity index (χ2v) is 8.10. The summed E-state index contributed by atoms with van der Waals surface area (Å²) in [6.45, 7) is 3.59. The summed E-state index contributed by atoms with van der Waals surface area (Å²) in [4.78, 5) is 25.8. The maximum atomic E-state index is 11.5. The molecule has 4 N–H and O–H groups in total. The Morgan fingerprint density at radius 2 is 1.82 bits per heavy atom. The first kappa shape index (κ1) is 22.4. The third kappa shape index (κ3) is 4.72. The predicted octanol–water partition coefficient (Wildman–Crippen LogP) is 3.45. The summed E-state index contributed by atoms with van der Waals surface area (Å²) in [5, 5.41) is 12.7. The number of amides is 1. The molecule has 0 spiro atoms. The molecule has 2 aromatic heterocycles. The molecule has 1 aliphatic rings. The molecule has 0 saturated carbocycles. The van der Waals surface area contributed by atoms with Crippen LogP contribution in [-0.2, 0) is 13.0 Å². The van der Waals surface area contributed by atoms with Crippen LogP contribution < -0.4 is 15.7 Å². The van der Waals surface area contributed by atoms with Crippen LogP contribution >= 0.6 is 0 Å². The third-order valence-corrected chi connectivity index (χ3v) is 5.61. The van der Waals surface area contributed by atoms with Crippen molar-refractivity contribution >= 4 is 22.8 Å². The van der Waals surface area contributed by atoms with Gasteiger partial charge in [-0.05, 0) is 44.3 Å².